The third kappa shape index (κ3) is 4.47. The zero-order chi connectivity index (χ0) is 17.6. The Bertz CT molecular complexity index is 702. The van der Waals surface area contributed by atoms with Crippen LogP contribution in [0.4, 0.5) is 0 Å². The lowest BCUT2D eigenvalue weighted by Gasteiger charge is -2.20. The predicted octanol–water partition coefficient (Wildman–Crippen LogP) is 3.51. The second-order valence-corrected chi connectivity index (χ2v) is 7.06. The van der Waals surface area contributed by atoms with Gasteiger partial charge in [-0.1, -0.05) is 25.3 Å². The summed E-state index contributed by atoms with van der Waals surface area (Å²) in [6, 6.07) is 5.82. The van der Waals surface area contributed by atoms with Crippen LogP contribution in [0.2, 0.25) is 0 Å². The standard InChI is InChI=1S/C20H28N4O/c1-15-18(16(2)24(23-15)19-10-6-7-12-21-19)11-13-22-20(25)14-17-8-4-3-5-9-17/h6-7,10,12,17H,3-5,8-9,11,13-14H2,1-2H3,(H,22,25). The van der Waals surface area contributed by atoms with Crippen molar-refractivity contribution in [2.75, 3.05) is 6.54 Å². The van der Waals surface area contributed by atoms with Crippen LogP contribution in [-0.4, -0.2) is 27.2 Å². The molecular weight excluding hydrogens is 312 g/mol. The van der Waals surface area contributed by atoms with Gasteiger partial charge in [-0.2, -0.15) is 5.10 Å². The van der Waals surface area contributed by atoms with Crippen molar-refractivity contribution in [1.29, 1.82) is 0 Å². The van der Waals surface area contributed by atoms with Gasteiger partial charge in [0.25, 0.3) is 0 Å². The monoisotopic (exact) mass is 340 g/mol. The molecule has 0 bridgehead atoms. The van der Waals surface area contributed by atoms with Crippen molar-refractivity contribution >= 4 is 5.91 Å². The Balaban J connectivity index is 1.55. The molecule has 1 saturated carbocycles. The topological polar surface area (TPSA) is 59.8 Å². The minimum atomic E-state index is 0.194. The van der Waals surface area contributed by atoms with E-state index in [1.54, 1.807) is 6.20 Å². The summed E-state index contributed by atoms with van der Waals surface area (Å²) >= 11 is 0. The van der Waals surface area contributed by atoms with Gasteiger partial charge in [-0.15, -0.1) is 0 Å². The SMILES string of the molecule is Cc1nn(-c2ccccn2)c(C)c1CCNC(=O)CC1CCCCC1. The molecule has 1 aliphatic carbocycles. The van der Waals surface area contributed by atoms with E-state index in [9.17, 15) is 4.79 Å². The Morgan fingerprint density at radius 2 is 2.04 bits per heavy atom. The van der Waals surface area contributed by atoms with Crippen molar-refractivity contribution in [1.82, 2.24) is 20.1 Å². The van der Waals surface area contributed by atoms with Crippen LogP contribution in [0.15, 0.2) is 24.4 Å². The Hall–Kier alpha value is -2.17. The molecule has 134 valence electrons. The highest BCUT2D eigenvalue weighted by Gasteiger charge is 2.17. The first-order valence-corrected chi connectivity index (χ1v) is 9.38. The first-order valence-electron chi connectivity index (χ1n) is 9.38. The van der Waals surface area contributed by atoms with E-state index in [-0.39, 0.29) is 5.91 Å². The van der Waals surface area contributed by atoms with Gasteiger partial charge in [-0.25, -0.2) is 9.67 Å². The van der Waals surface area contributed by atoms with Gasteiger partial charge in [0.15, 0.2) is 5.82 Å². The Labute approximate surface area is 149 Å². The summed E-state index contributed by atoms with van der Waals surface area (Å²) < 4.78 is 1.88. The Kier molecular flexibility index (Phi) is 5.84. The molecule has 1 aliphatic rings. The lowest BCUT2D eigenvalue weighted by Crippen LogP contribution is -2.28. The maximum absolute atomic E-state index is 12.2. The zero-order valence-electron chi connectivity index (χ0n) is 15.3. The summed E-state index contributed by atoms with van der Waals surface area (Å²) in [6.07, 6.45) is 9.58. The highest BCUT2D eigenvalue weighted by atomic mass is 16.1. The van der Waals surface area contributed by atoms with Crippen LogP contribution in [0.25, 0.3) is 5.82 Å². The molecule has 0 aromatic carbocycles. The summed E-state index contributed by atoms with van der Waals surface area (Å²) in [5, 5.41) is 7.70. The third-order valence-corrected chi connectivity index (χ3v) is 5.20. The second-order valence-electron chi connectivity index (χ2n) is 7.06. The van der Waals surface area contributed by atoms with E-state index in [1.165, 1.54) is 37.7 Å². The lowest BCUT2D eigenvalue weighted by atomic mass is 9.87. The fourth-order valence-electron chi connectivity index (χ4n) is 3.79. The Morgan fingerprint density at radius 3 is 2.76 bits per heavy atom. The number of hydrogen-bond donors (Lipinski definition) is 1. The van der Waals surface area contributed by atoms with Gasteiger partial charge in [0.2, 0.25) is 5.91 Å². The van der Waals surface area contributed by atoms with E-state index in [2.05, 4.69) is 22.3 Å². The average Bonchev–Trinajstić information content (AvgIpc) is 2.91. The first-order chi connectivity index (χ1) is 12.1. The van der Waals surface area contributed by atoms with Crippen molar-refractivity contribution in [3.8, 4) is 5.82 Å². The number of aryl methyl sites for hydroxylation is 1. The molecule has 2 heterocycles. The number of pyridine rings is 1. The van der Waals surface area contributed by atoms with E-state index in [4.69, 9.17) is 0 Å². The van der Waals surface area contributed by atoms with Gasteiger partial charge in [0, 0.05) is 24.9 Å². The van der Waals surface area contributed by atoms with E-state index in [0.29, 0.717) is 18.9 Å². The van der Waals surface area contributed by atoms with Gasteiger partial charge in [-0.05, 0) is 56.7 Å². The van der Waals surface area contributed by atoms with Crippen molar-refractivity contribution in [3.63, 3.8) is 0 Å². The molecular formula is C20H28N4O. The van der Waals surface area contributed by atoms with Crippen LogP contribution in [0.5, 0.6) is 0 Å². The number of carbonyl (C=O) groups excluding carboxylic acids is 1. The number of carbonyl (C=O) groups is 1. The number of hydrogen-bond acceptors (Lipinski definition) is 3. The molecule has 5 heteroatoms. The molecule has 25 heavy (non-hydrogen) atoms. The third-order valence-electron chi connectivity index (χ3n) is 5.20. The van der Waals surface area contributed by atoms with Crippen LogP contribution in [0.1, 0.15) is 55.5 Å². The van der Waals surface area contributed by atoms with E-state index < -0.39 is 0 Å². The fourth-order valence-corrected chi connectivity index (χ4v) is 3.79. The summed E-state index contributed by atoms with van der Waals surface area (Å²) in [4.78, 5) is 16.5. The maximum Gasteiger partial charge on any atom is 0.220 e. The van der Waals surface area contributed by atoms with Gasteiger partial charge in [0.1, 0.15) is 0 Å². The van der Waals surface area contributed by atoms with Crippen LogP contribution >= 0.6 is 0 Å². The molecule has 0 unspecified atom stereocenters. The number of rotatable bonds is 6. The van der Waals surface area contributed by atoms with Crippen molar-refractivity contribution in [2.24, 2.45) is 5.92 Å². The number of nitrogens with zero attached hydrogens (tertiary/aromatic N) is 3. The predicted molar refractivity (Wildman–Crippen MR) is 98.7 cm³/mol. The minimum absolute atomic E-state index is 0.194. The van der Waals surface area contributed by atoms with Gasteiger partial charge >= 0.3 is 0 Å². The zero-order valence-corrected chi connectivity index (χ0v) is 15.3. The second kappa shape index (κ2) is 8.28. The molecule has 2 aromatic heterocycles. The largest absolute Gasteiger partial charge is 0.356 e. The highest BCUT2D eigenvalue weighted by molar-refractivity contribution is 5.76. The van der Waals surface area contributed by atoms with Gasteiger partial charge < -0.3 is 5.32 Å². The number of nitrogens with one attached hydrogen (secondary N) is 1. The molecule has 0 spiro atoms. The van der Waals surface area contributed by atoms with Gasteiger partial charge in [-0.3, -0.25) is 4.79 Å². The van der Waals surface area contributed by atoms with E-state index in [1.807, 2.05) is 29.8 Å². The van der Waals surface area contributed by atoms with E-state index >= 15 is 0 Å². The molecule has 5 nitrogen and oxygen atoms in total. The van der Waals surface area contributed by atoms with Crippen molar-refractivity contribution in [3.05, 3.63) is 41.3 Å². The van der Waals surface area contributed by atoms with Crippen LogP contribution in [0, 0.1) is 19.8 Å². The molecule has 1 fully saturated rings. The normalized spacial score (nSPS) is 15.3. The fraction of sp³-hybridized carbons (Fsp3) is 0.550. The molecule has 1 amide bonds. The average molecular weight is 340 g/mol. The summed E-state index contributed by atoms with van der Waals surface area (Å²) in [5.41, 5.74) is 3.30. The van der Waals surface area contributed by atoms with Crippen LogP contribution < -0.4 is 5.32 Å². The summed E-state index contributed by atoms with van der Waals surface area (Å²) in [6.45, 7) is 4.75. The van der Waals surface area contributed by atoms with E-state index in [0.717, 1.165) is 23.6 Å². The van der Waals surface area contributed by atoms with Crippen LogP contribution in [-0.2, 0) is 11.2 Å². The lowest BCUT2D eigenvalue weighted by molar-refractivity contribution is -0.122. The van der Waals surface area contributed by atoms with Crippen LogP contribution in [0.3, 0.4) is 0 Å². The molecule has 0 atom stereocenters. The number of aromatic nitrogens is 3. The van der Waals surface area contributed by atoms with Gasteiger partial charge in [0.05, 0.1) is 5.69 Å². The quantitative estimate of drug-likeness (QED) is 0.875. The first kappa shape index (κ1) is 17.6. The summed E-state index contributed by atoms with van der Waals surface area (Å²) in [5.74, 6) is 1.61. The smallest absolute Gasteiger partial charge is 0.220 e. The minimum Gasteiger partial charge on any atom is -0.356 e. The maximum atomic E-state index is 12.2. The highest BCUT2D eigenvalue weighted by Crippen LogP contribution is 2.26. The molecule has 1 N–H and O–H groups in total. The number of amides is 1. The molecule has 2 aromatic rings. The molecule has 0 radical (unpaired) electrons. The van der Waals surface area contributed by atoms with Crippen molar-refractivity contribution in [2.45, 2.75) is 58.8 Å². The summed E-state index contributed by atoms with van der Waals surface area (Å²) in [7, 11) is 0. The Morgan fingerprint density at radius 1 is 1.24 bits per heavy atom. The molecule has 3 rings (SSSR count). The molecule has 0 saturated heterocycles. The van der Waals surface area contributed by atoms with Crippen molar-refractivity contribution < 1.29 is 4.79 Å². The molecule has 0 aliphatic heterocycles.